The maximum absolute atomic E-state index is 13.6. The summed E-state index contributed by atoms with van der Waals surface area (Å²) in [6, 6.07) is 15.9. The van der Waals surface area contributed by atoms with Gasteiger partial charge in [0.2, 0.25) is 11.8 Å². The zero-order valence-corrected chi connectivity index (χ0v) is 30.4. The normalized spacial score (nSPS) is 23.6. The first kappa shape index (κ1) is 35.2. The van der Waals surface area contributed by atoms with Crippen LogP contribution in [0.2, 0.25) is 0 Å². The Morgan fingerprint density at radius 1 is 0.941 bits per heavy atom. The molecular weight excluding hydrogens is 665 g/mol. The highest BCUT2D eigenvalue weighted by Crippen LogP contribution is 2.44. The molecule has 2 saturated heterocycles. The minimum absolute atomic E-state index is 0.0411. The van der Waals surface area contributed by atoms with Crippen molar-refractivity contribution in [2.75, 3.05) is 29.1 Å². The molecular formula is C40H48N4O6S. The monoisotopic (exact) mass is 712 g/mol. The van der Waals surface area contributed by atoms with E-state index in [1.165, 1.54) is 12.8 Å². The van der Waals surface area contributed by atoms with Crippen molar-refractivity contribution in [1.29, 1.82) is 0 Å². The number of piperidine rings is 1. The van der Waals surface area contributed by atoms with E-state index >= 15 is 0 Å². The van der Waals surface area contributed by atoms with E-state index in [1.807, 2.05) is 41.3 Å². The van der Waals surface area contributed by atoms with Crippen molar-refractivity contribution in [3.05, 3.63) is 71.3 Å². The molecule has 11 heteroatoms. The molecule has 0 spiro atoms. The van der Waals surface area contributed by atoms with Crippen LogP contribution in [0.25, 0.3) is 10.8 Å². The van der Waals surface area contributed by atoms with E-state index in [4.69, 9.17) is 0 Å². The highest BCUT2D eigenvalue weighted by molar-refractivity contribution is 7.90. The Morgan fingerprint density at radius 2 is 1.76 bits per heavy atom. The van der Waals surface area contributed by atoms with E-state index in [0.717, 1.165) is 48.4 Å². The number of sulfone groups is 1. The number of nitrogens with one attached hydrogen (secondary N) is 2. The van der Waals surface area contributed by atoms with Gasteiger partial charge in [0.25, 0.3) is 5.91 Å². The van der Waals surface area contributed by atoms with Crippen LogP contribution in [0.4, 0.5) is 16.2 Å². The molecule has 3 aromatic rings. The maximum atomic E-state index is 13.6. The molecule has 3 heterocycles. The fourth-order valence-electron chi connectivity index (χ4n) is 8.92. The number of amides is 5. The lowest BCUT2D eigenvalue weighted by atomic mass is 9.68. The number of likely N-dealkylation sites (tertiary alicyclic amines) is 1. The second-order valence-electron chi connectivity index (χ2n) is 15.6. The van der Waals surface area contributed by atoms with Crippen molar-refractivity contribution in [3.63, 3.8) is 0 Å². The van der Waals surface area contributed by atoms with Crippen LogP contribution in [-0.4, -0.2) is 62.0 Å². The van der Waals surface area contributed by atoms with Gasteiger partial charge in [-0.2, -0.15) is 0 Å². The fourth-order valence-corrected chi connectivity index (χ4v) is 10.4. The molecule has 3 fully saturated rings. The van der Waals surface area contributed by atoms with E-state index in [-0.39, 0.29) is 53.5 Å². The average Bonchev–Trinajstić information content (AvgIpc) is 3.21. The van der Waals surface area contributed by atoms with E-state index in [9.17, 15) is 27.6 Å². The number of hydrogen-bond acceptors (Lipinski definition) is 6. The van der Waals surface area contributed by atoms with Gasteiger partial charge in [-0.3, -0.25) is 24.6 Å². The van der Waals surface area contributed by atoms with Crippen LogP contribution in [0.15, 0.2) is 54.6 Å². The van der Waals surface area contributed by atoms with Crippen molar-refractivity contribution in [3.8, 4) is 0 Å². The predicted octanol–water partition coefficient (Wildman–Crippen LogP) is 6.93. The number of hydrogen-bond donors (Lipinski definition) is 2. The van der Waals surface area contributed by atoms with Crippen LogP contribution in [0.1, 0.15) is 105 Å². The highest BCUT2D eigenvalue weighted by atomic mass is 32.2. The van der Waals surface area contributed by atoms with Gasteiger partial charge in [-0.05, 0) is 103 Å². The third-order valence-corrected chi connectivity index (χ3v) is 13.4. The van der Waals surface area contributed by atoms with Crippen LogP contribution in [0.5, 0.6) is 0 Å². The van der Waals surface area contributed by atoms with Crippen LogP contribution >= 0.6 is 0 Å². The number of anilines is 2. The minimum atomic E-state index is -3.30. The number of carbonyl (C=O) groups is 4. The van der Waals surface area contributed by atoms with Crippen molar-refractivity contribution >= 4 is 55.7 Å². The summed E-state index contributed by atoms with van der Waals surface area (Å²) in [6.45, 7) is 5.66. The maximum Gasteiger partial charge on any atom is 0.321 e. The molecule has 1 aliphatic carbocycles. The summed E-state index contributed by atoms with van der Waals surface area (Å²) < 4.78 is 26.3. The van der Waals surface area contributed by atoms with E-state index in [1.54, 1.807) is 23.1 Å². The number of rotatable bonds is 8. The van der Waals surface area contributed by atoms with E-state index < -0.39 is 21.8 Å². The summed E-state index contributed by atoms with van der Waals surface area (Å²) >= 11 is 0. The molecule has 0 radical (unpaired) electrons. The lowest BCUT2D eigenvalue weighted by Crippen LogP contribution is -2.53. The number of nitrogens with zero attached hydrogens (tertiary/aromatic N) is 2. The van der Waals surface area contributed by atoms with Gasteiger partial charge in [-0.1, -0.05) is 57.0 Å². The summed E-state index contributed by atoms with van der Waals surface area (Å²) in [6.07, 6.45) is 8.23. The lowest BCUT2D eigenvalue weighted by molar-refractivity contribution is -0.134. The van der Waals surface area contributed by atoms with E-state index in [2.05, 4.69) is 24.5 Å². The standard InChI is InChI=1S/C40H48N4O6S/c1-40(2)20-4-3-10-28(40)19-23-51(49,50)25-26-8-5-11-29(24-26)41-39(48)43-21-7-9-27(18-22-43)30-14-15-32-36-31(30)12-6-13-33(36)44(38(32)47)34-16-17-35(45)42-37(34)46/h5-6,8,11-15,24,27-28,34H,3-4,7,9-10,16-23,25H2,1-2H3,(H,41,48)(H,42,45,46)/t27-,28?,34?/m1/s1. The van der Waals surface area contributed by atoms with Crippen LogP contribution in [0, 0.1) is 11.3 Å². The molecule has 3 atom stereocenters. The van der Waals surface area contributed by atoms with Crippen LogP contribution in [-0.2, 0) is 25.2 Å². The van der Waals surface area contributed by atoms with Crippen molar-refractivity contribution in [2.45, 2.75) is 95.8 Å². The minimum Gasteiger partial charge on any atom is -0.325 e. The molecule has 3 aliphatic heterocycles. The Morgan fingerprint density at radius 3 is 2.57 bits per heavy atom. The smallest absolute Gasteiger partial charge is 0.321 e. The fraction of sp³-hybridized carbons (Fsp3) is 0.500. The zero-order chi connectivity index (χ0) is 35.9. The first-order chi connectivity index (χ1) is 24.4. The van der Waals surface area contributed by atoms with Gasteiger partial charge in [-0.25, -0.2) is 13.2 Å². The Hall–Kier alpha value is -4.25. The van der Waals surface area contributed by atoms with Gasteiger partial charge in [0, 0.05) is 36.1 Å². The first-order valence-corrected chi connectivity index (χ1v) is 20.3. The Labute approximate surface area is 300 Å². The molecule has 5 amide bonds. The molecule has 3 aromatic carbocycles. The summed E-state index contributed by atoms with van der Waals surface area (Å²) in [5.41, 5.74) is 3.82. The van der Waals surface area contributed by atoms with Crippen molar-refractivity contribution in [1.82, 2.24) is 10.2 Å². The molecule has 51 heavy (non-hydrogen) atoms. The largest absolute Gasteiger partial charge is 0.325 e. The molecule has 270 valence electrons. The van der Waals surface area contributed by atoms with Gasteiger partial charge < -0.3 is 10.2 Å². The Bertz CT molecular complexity index is 1990. The first-order valence-electron chi connectivity index (χ1n) is 18.5. The number of carbonyl (C=O) groups excluding carboxylic acids is 4. The number of imide groups is 1. The summed E-state index contributed by atoms with van der Waals surface area (Å²) in [5.74, 6) is -0.258. The molecule has 4 aliphatic rings. The molecule has 0 aromatic heterocycles. The van der Waals surface area contributed by atoms with Gasteiger partial charge >= 0.3 is 6.03 Å². The van der Waals surface area contributed by atoms with Crippen LogP contribution in [0.3, 0.4) is 0 Å². The lowest BCUT2D eigenvalue weighted by Gasteiger charge is -2.38. The van der Waals surface area contributed by atoms with Gasteiger partial charge in [0.15, 0.2) is 9.84 Å². The molecule has 2 N–H and O–H groups in total. The van der Waals surface area contributed by atoms with Crippen LogP contribution < -0.4 is 15.5 Å². The summed E-state index contributed by atoms with van der Waals surface area (Å²) in [5, 5.41) is 7.20. The Balaban J connectivity index is 0.995. The zero-order valence-electron chi connectivity index (χ0n) is 29.6. The van der Waals surface area contributed by atoms with Crippen molar-refractivity contribution < 1.29 is 27.6 Å². The molecule has 1 saturated carbocycles. The number of urea groups is 1. The van der Waals surface area contributed by atoms with Crippen molar-refractivity contribution in [2.24, 2.45) is 11.3 Å². The van der Waals surface area contributed by atoms with Gasteiger partial charge in [0.05, 0.1) is 17.2 Å². The average molecular weight is 713 g/mol. The molecule has 0 bridgehead atoms. The highest BCUT2D eigenvalue weighted by Gasteiger charge is 2.41. The second-order valence-corrected chi connectivity index (χ2v) is 17.8. The summed E-state index contributed by atoms with van der Waals surface area (Å²) in [4.78, 5) is 55.0. The predicted molar refractivity (Wildman–Crippen MR) is 198 cm³/mol. The molecule has 10 nitrogen and oxygen atoms in total. The summed E-state index contributed by atoms with van der Waals surface area (Å²) in [7, 11) is -3.30. The molecule has 2 unspecified atom stereocenters. The van der Waals surface area contributed by atoms with E-state index in [0.29, 0.717) is 47.9 Å². The SMILES string of the molecule is CC1(C)CCCCC1CCS(=O)(=O)Cc1cccc(NC(=O)N2CCC[C@@H](c3ccc4c5c(cccc35)N(C3CCC(=O)NC3=O)C4=O)CC2)c1. The number of benzene rings is 3. The second kappa shape index (κ2) is 14.1. The third-order valence-electron chi connectivity index (χ3n) is 11.8. The van der Waals surface area contributed by atoms with Gasteiger partial charge in [-0.15, -0.1) is 0 Å². The molecule has 7 rings (SSSR count). The third kappa shape index (κ3) is 7.27. The van der Waals surface area contributed by atoms with Gasteiger partial charge in [0.1, 0.15) is 6.04 Å². The topological polar surface area (TPSA) is 133 Å². The Kier molecular flexibility index (Phi) is 9.69. The quantitative estimate of drug-likeness (QED) is 0.244.